The van der Waals surface area contributed by atoms with E-state index >= 15 is 0 Å². The second-order valence-corrected chi connectivity index (χ2v) is 5.32. The molecule has 0 spiro atoms. The summed E-state index contributed by atoms with van der Waals surface area (Å²) >= 11 is 0. The Morgan fingerprint density at radius 2 is 2.00 bits per heavy atom. The number of hydrogen-bond acceptors (Lipinski definition) is 3. The first-order valence-corrected chi connectivity index (χ1v) is 7.30. The minimum Gasteiger partial charge on any atom is -0.324 e. The zero-order valence-electron chi connectivity index (χ0n) is 12.2. The highest BCUT2D eigenvalue weighted by molar-refractivity contribution is 5.94. The van der Waals surface area contributed by atoms with Crippen molar-refractivity contribution in [1.82, 2.24) is 10.3 Å². The molecule has 1 aliphatic carbocycles. The Morgan fingerprint density at radius 3 is 2.59 bits per heavy atom. The SMILES string of the molecule is N#CNC(=NC1(c2ccccc2)CCC1)Nc1cccnc1. The minimum atomic E-state index is -0.240. The van der Waals surface area contributed by atoms with E-state index in [4.69, 9.17) is 10.3 Å². The lowest BCUT2D eigenvalue weighted by Crippen LogP contribution is -2.37. The lowest BCUT2D eigenvalue weighted by Gasteiger charge is -2.39. The molecule has 1 aliphatic rings. The smallest absolute Gasteiger partial charge is 0.210 e. The Hall–Kier alpha value is -2.87. The molecule has 22 heavy (non-hydrogen) atoms. The monoisotopic (exact) mass is 291 g/mol. The van der Waals surface area contributed by atoms with Crippen molar-refractivity contribution >= 4 is 11.6 Å². The molecule has 1 aromatic carbocycles. The van der Waals surface area contributed by atoms with Crippen LogP contribution in [-0.4, -0.2) is 10.9 Å². The highest BCUT2D eigenvalue weighted by atomic mass is 15.2. The van der Waals surface area contributed by atoms with Gasteiger partial charge in [-0.05, 0) is 37.0 Å². The van der Waals surface area contributed by atoms with Gasteiger partial charge in [0.15, 0.2) is 6.19 Å². The van der Waals surface area contributed by atoms with Crippen LogP contribution >= 0.6 is 0 Å². The number of rotatable bonds is 3. The van der Waals surface area contributed by atoms with E-state index in [9.17, 15) is 0 Å². The molecule has 0 atom stereocenters. The maximum Gasteiger partial charge on any atom is 0.210 e. The average molecular weight is 291 g/mol. The zero-order valence-corrected chi connectivity index (χ0v) is 12.2. The first-order valence-electron chi connectivity index (χ1n) is 7.30. The second kappa shape index (κ2) is 6.27. The third kappa shape index (κ3) is 2.91. The Morgan fingerprint density at radius 1 is 1.18 bits per heavy atom. The van der Waals surface area contributed by atoms with Gasteiger partial charge in [-0.3, -0.25) is 10.3 Å². The van der Waals surface area contributed by atoms with Crippen LogP contribution in [0.1, 0.15) is 24.8 Å². The van der Waals surface area contributed by atoms with Crippen LogP contribution in [0.2, 0.25) is 0 Å². The molecule has 0 saturated heterocycles. The number of benzene rings is 1. The van der Waals surface area contributed by atoms with Gasteiger partial charge in [0, 0.05) is 6.20 Å². The van der Waals surface area contributed by atoms with Gasteiger partial charge in [-0.1, -0.05) is 30.3 Å². The molecule has 0 aliphatic heterocycles. The van der Waals surface area contributed by atoms with Gasteiger partial charge < -0.3 is 5.32 Å². The lowest BCUT2D eigenvalue weighted by molar-refractivity contribution is 0.256. The van der Waals surface area contributed by atoms with Crippen LogP contribution in [0.5, 0.6) is 0 Å². The van der Waals surface area contributed by atoms with E-state index in [0.29, 0.717) is 5.96 Å². The van der Waals surface area contributed by atoms with Gasteiger partial charge in [-0.15, -0.1) is 0 Å². The van der Waals surface area contributed by atoms with Gasteiger partial charge >= 0.3 is 0 Å². The Balaban J connectivity index is 1.89. The quantitative estimate of drug-likeness (QED) is 0.394. The predicted molar refractivity (Wildman–Crippen MR) is 86.0 cm³/mol. The zero-order chi connectivity index (χ0) is 15.3. The molecule has 0 amide bonds. The van der Waals surface area contributed by atoms with E-state index in [2.05, 4.69) is 27.8 Å². The van der Waals surface area contributed by atoms with Crippen LogP contribution in [0, 0.1) is 11.5 Å². The van der Waals surface area contributed by atoms with Gasteiger partial charge in [-0.2, -0.15) is 5.26 Å². The number of aromatic nitrogens is 1. The Kier molecular flexibility index (Phi) is 4.01. The number of nitrogens with zero attached hydrogens (tertiary/aromatic N) is 3. The van der Waals surface area contributed by atoms with Crippen molar-refractivity contribution in [2.75, 3.05) is 5.32 Å². The van der Waals surface area contributed by atoms with Crippen molar-refractivity contribution in [3.8, 4) is 6.19 Å². The summed E-state index contributed by atoms with van der Waals surface area (Å²) in [6.45, 7) is 0. The number of aliphatic imine (C=N–C) groups is 1. The predicted octanol–water partition coefficient (Wildman–Crippen LogP) is 3.00. The van der Waals surface area contributed by atoms with Gasteiger partial charge in [-0.25, -0.2) is 4.99 Å². The van der Waals surface area contributed by atoms with Crippen LogP contribution in [0.25, 0.3) is 0 Å². The Labute approximate surface area is 129 Å². The Bertz CT molecular complexity index is 684. The highest BCUT2D eigenvalue weighted by Gasteiger charge is 2.38. The number of guanidine groups is 1. The molecular weight excluding hydrogens is 274 g/mol. The maximum absolute atomic E-state index is 8.98. The fourth-order valence-electron chi connectivity index (χ4n) is 2.65. The van der Waals surface area contributed by atoms with Gasteiger partial charge in [0.1, 0.15) is 0 Å². The lowest BCUT2D eigenvalue weighted by atomic mass is 9.72. The van der Waals surface area contributed by atoms with Crippen molar-refractivity contribution in [1.29, 1.82) is 5.26 Å². The van der Waals surface area contributed by atoms with E-state index < -0.39 is 0 Å². The number of nitriles is 1. The molecule has 0 unspecified atom stereocenters. The number of hydrogen-bond donors (Lipinski definition) is 2. The van der Waals surface area contributed by atoms with Gasteiger partial charge in [0.25, 0.3) is 0 Å². The van der Waals surface area contributed by atoms with Gasteiger partial charge in [0.05, 0.1) is 17.4 Å². The molecule has 5 heteroatoms. The number of anilines is 1. The van der Waals surface area contributed by atoms with E-state index in [-0.39, 0.29) is 5.54 Å². The summed E-state index contributed by atoms with van der Waals surface area (Å²) in [6, 6.07) is 14.0. The largest absolute Gasteiger partial charge is 0.324 e. The number of nitrogens with one attached hydrogen (secondary N) is 2. The molecule has 1 fully saturated rings. The molecule has 3 rings (SSSR count). The van der Waals surface area contributed by atoms with Crippen molar-refractivity contribution in [2.24, 2.45) is 4.99 Å². The average Bonchev–Trinajstić information content (AvgIpc) is 2.53. The van der Waals surface area contributed by atoms with Crippen molar-refractivity contribution in [2.45, 2.75) is 24.8 Å². The fourth-order valence-corrected chi connectivity index (χ4v) is 2.65. The minimum absolute atomic E-state index is 0.240. The molecule has 5 nitrogen and oxygen atoms in total. The van der Waals surface area contributed by atoms with Crippen LogP contribution in [0.3, 0.4) is 0 Å². The van der Waals surface area contributed by atoms with Gasteiger partial charge in [0.2, 0.25) is 5.96 Å². The third-order valence-electron chi connectivity index (χ3n) is 3.92. The third-order valence-corrected chi connectivity index (χ3v) is 3.92. The summed E-state index contributed by atoms with van der Waals surface area (Å²) in [5, 5.41) is 14.7. The summed E-state index contributed by atoms with van der Waals surface area (Å²) in [6.07, 6.45) is 8.47. The van der Waals surface area contributed by atoms with Crippen molar-refractivity contribution in [3.63, 3.8) is 0 Å². The van der Waals surface area contributed by atoms with E-state index in [0.717, 1.165) is 24.9 Å². The van der Waals surface area contributed by atoms with E-state index in [1.807, 2.05) is 36.5 Å². The summed E-state index contributed by atoms with van der Waals surface area (Å²) in [5.74, 6) is 0.457. The normalized spacial score (nSPS) is 16.2. The van der Waals surface area contributed by atoms with Crippen molar-refractivity contribution in [3.05, 3.63) is 60.4 Å². The highest BCUT2D eigenvalue weighted by Crippen LogP contribution is 2.44. The summed E-state index contributed by atoms with van der Waals surface area (Å²) in [5.41, 5.74) is 1.74. The summed E-state index contributed by atoms with van der Waals surface area (Å²) in [4.78, 5) is 8.87. The molecule has 2 aromatic rings. The van der Waals surface area contributed by atoms with Crippen LogP contribution < -0.4 is 10.6 Å². The molecule has 0 radical (unpaired) electrons. The fraction of sp³-hybridized carbons (Fsp3) is 0.235. The second-order valence-electron chi connectivity index (χ2n) is 5.32. The standard InChI is InChI=1S/C17H17N5/c18-13-20-16(21-15-8-4-11-19-12-15)22-17(9-5-10-17)14-6-2-1-3-7-14/h1-4,6-8,11-12H,5,9-10H2,(H2,20,21,22). The van der Waals surface area contributed by atoms with Crippen LogP contribution in [-0.2, 0) is 5.54 Å². The van der Waals surface area contributed by atoms with E-state index in [1.54, 1.807) is 12.4 Å². The molecule has 1 heterocycles. The first-order chi connectivity index (χ1) is 10.8. The molecule has 2 N–H and O–H groups in total. The summed E-state index contributed by atoms with van der Waals surface area (Å²) < 4.78 is 0. The van der Waals surface area contributed by atoms with Crippen LogP contribution in [0.4, 0.5) is 5.69 Å². The summed E-state index contributed by atoms with van der Waals surface area (Å²) in [7, 11) is 0. The van der Waals surface area contributed by atoms with Crippen LogP contribution in [0.15, 0.2) is 59.9 Å². The molecule has 1 aromatic heterocycles. The molecule has 110 valence electrons. The molecule has 1 saturated carbocycles. The van der Waals surface area contributed by atoms with E-state index in [1.165, 1.54) is 5.56 Å². The topological polar surface area (TPSA) is 73.1 Å². The molecule has 0 bridgehead atoms. The van der Waals surface area contributed by atoms with Crippen molar-refractivity contribution < 1.29 is 0 Å². The maximum atomic E-state index is 8.98. The molecular formula is C17H17N5. The number of pyridine rings is 1. The first kappa shape index (κ1) is 14.1.